The lowest BCUT2D eigenvalue weighted by Gasteiger charge is -2.00. The van der Waals surface area contributed by atoms with Gasteiger partial charge in [-0.15, -0.1) is 38.0 Å². The molecule has 0 spiro atoms. The first-order valence-electron chi connectivity index (χ1n) is 4.84. The minimum Gasteiger partial charge on any atom is -0.313 e. The lowest BCUT2D eigenvalue weighted by atomic mass is 10.1. The maximum Gasteiger partial charge on any atom is 0.0132 e. The van der Waals surface area contributed by atoms with Crippen LogP contribution in [0.15, 0.2) is 25.3 Å². The van der Waals surface area contributed by atoms with E-state index in [0.717, 1.165) is 13.1 Å². The van der Waals surface area contributed by atoms with Crippen molar-refractivity contribution < 1.29 is 0 Å². The first-order valence-corrected chi connectivity index (χ1v) is 4.84. The summed E-state index contributed by atoms with van der Waals surface area (Å²) < 4.78 is 0. The van der Waals surface area contributed by atoms with E-state index in [1.807, 2.05) is 12.2 Å². The molecule has 0 aromatic heterocycles. The highest BCUT2D eigenvalue weighted by molar-refractivity contribution is 5.85. The number of unbranched alkanes of at least 4 members (excludes halogenated alkanes) is 4. The van der Waals surface area contributed by atoms with E-state index in [2.05, 4.69) is 18.5 Å². The molecular weight excluding hydrogens is 217 g/mol. The van der Waals surface area contributed by atoms with E-state index in [4.69, 9.17) is 0 Å². The molecule has 86 valence electrons. The quantitative estimate of drug-likeness (QED) is 0.478. The van der Waals surface area contributed by atoms with E-state index >= 15 is 0 Å². The Labute approximate surface area is 101 Å². The van der Waals surface area contributed by atoms with Crippen molar-refractivity contribution >= 4 is 24.8 Å². The van der Waals surface area contributed by atoms with Crippen LogP contribution in [0.2, 0.25) is 0 Å². The van der Waals surface area contributed by atoms with Crippen molar-refractivity contribution in [2.75, 3.05) is 13.1 Å². The molecule has 0 aromatic carbocycles. The van der Waals surface area contributed by atoms with E-state index in [1.54, 1.807) is 0 Å². The average molecular weight is 240 g/mol. The van der Waals surface area contributed by atoms with Crippen molar-refractivity contribution in [3.05, 3.63) is 25.3 Å². The van der Waals surface area contributed by atoms with Gasteiger partial charge in [-0.05, 0) is 25.8 Å². The van der Waals surface area contributed by atoms with Crippen LogP contribution >= 0.6 is 24.8 Å². The summed E-state index contributed by atoms with van der Waals surface area (Å²) in [5.74, 6) is 0. The Morgan fingerprint density at radius 1 is 0.857 bits per heavy atom. The second kappa shape index (κ2) is 18.7. The van der Waals surface area contributed by atoms with E-state index in [-0.39, 0.29) is 24.8 Å². The van der Waals surface area contributed by atoms with Gasteiger partial charge in [0.25, 0.3) is 0 Å². The van der Waals surface area contributed by atoms with Crippen molar-refractivity contribution in [1.82, 2.24) is 5.32 Å². The van der Waals surface area contributed by atoms with Gasteiger partial charge in [0.1, 0.15) is 0 Å². The van der Waals surface area contributed by atoms with Gasteiger partial charge < -0.3 is 5.32 Å². The molecule has 0 unspecified atom stereocenters. The van der Waals surface area contributed by atoms with Gasteiger partial charge in [0.15, 0.2) is 0 Å². The number of rotatable bonds is 9. The van der Waals surface area contributed by atoms with Crippen molar-refractivity contribution in [3.63, 3.8) is 0 Å². The summed E-state index contributed by atoms with van der Waals surface area (Å²) >= 11 is 0. The van der Waals surface area contributed by atoms with Gasteiger partial charge in [-0.2, -0.15) is 0 Å². The Morgan fingerprint density at radius 3 is 2.07 bits per heavy atom. The molecule has 0 aliphatic heterocycles. The number of hydrogen-bond donors (Lipinski definition) is 1. The van der Waals surface area contributed by atoms with Crippen LogP contribution in [0.3, 0.4) is 0 Å². The van der Waals surface area contributed by atoms with E-state index in [1.165, 1.54) is 32.1 Å². The van der Waals surface area contributed by atoms with Crippen LogP contribution in [0.25, 0.3) is 0 Å². The standard InChI is InChI=1S/C11H21N.2ClH/c1-3-5-6-7-8-9-11-12-10-4-2;;/h3-4,12H,1-2,5-11H2;2*1H. The molecule has 0 atom stereocenters. The molecule has 0 aromatic rings. The van der Waals surface area contributed by atoms with Crippen LogP contribution in [0, 0.1) is 0 Å². The fourth-order valence-electron chi connectivity index (χ4n) is 1.10. The van der Waals surface area contributed by atoms with Crippen LogP contribution < -0.4 is 5.32 Å². The maximum atomic E-state index is 3.70. The molecule has 3 heteroatoms. The predicted octanol–water partition coefficient (Wildman–Crippen LogP) is 3.74. The number of allylic oxidation sites excluding steroid dienone is 1. The molecular formula is C11H23Cl2N. The van der Waals surface area contributed by atoms with Gasteiger partial charge in [-0.3, -0.25) is 0 Å². The molecule has 0 saturated carbocycles. The molecule has 0 aliphatic rings. The summed E-state index contributed by atoms with van der Waals surface area (Å²) in [5, 5.41) is 3.29. The highest BCUT2D eigenvalue weighted by Gasteiger charge is 1.87. The van der Waals surface area contributed by atoms with Gasteiger partial charge in [-0.1, -0.05) is 25.0 Å². The number of nitrogens with one attached hydrogen (secondary N) is 1. The Kier molecular flexibility index (Phi) is 26.2. The average Bonchev–Trinajstić information content (AvgIpc) is 2.10. The van der Waals surface area contributed by atoms with Gasteiger partial charge in [0, 0.05) is 6.54 Å². The monoisotopic (exact) mass is 239 g/mol. The summed E-state index contributed by atoms with van der Waals surface area (Å²) in [5.41, 5.74) is 0. The zero-order valence-corrected chi connectivity index (χ0v) is 10.5. The van der Waals surface area contributed by atoms with Crippen LogP contribution in [0.1, 0.15) is 32.1 Å². The Balaban J connectivity index is -0.000000605. The zero-order valence-electron chi connectivity index (χ0n) is 8.84. The summed E-state index contributed by atoms with van der Waals surface area (Å²) in [7, 11) is 0. The molecule has 0 bridgehead atoms. The maximum absolute atomic E-state index is 3.70. The van der Waals surface area contributed by atoms with Crippen LogP contribution in [-0.2, 0) is 0 Å². The Hall–Kier alpha value is 0.0200. The molecule has 0 radical (unpaired) electrons. The van der Waals surface area contributed by atoms with Gasteiger partial charge >= 0.3 is 0 Å². The van der Waals surface area contributed by atoms with Gasteiger partial charge in [-0.25, -0.2) is 0 Å². The smallest absolute Gasteiger partial charge is 0.0132 e. The normalized spacial score (nSPS) is 8.29. The summed E-state index contributed by atoms with van der Waals surface area (Å²) in [6, 6.07) is 0. The zero-order chi connectivity index (χ0) is 9.07. The Morgan fingerprint density at radius 2 is 1.50 bits per heavy atom. The fourth-order valence-corrected chi connectivity index (χ4v) is 1.10. The third-order valence-corrected chi connectivity index (χ3v) is 1.80. The fraction of sp³-hybridized carbons (Fsp3) is 0.636. The molecule has 1 nitrogen and oxygen atoms in total. The molecule has 0 rings (SSSR count). The van der Waals surface area contributed by atoms with Crippen LogP contribution in [-0.4, -0.2) is 13.1 Å². The number of hydrogen-bond acceptors (Lipinski definition) is 1. The molecule has 14 heavy (non-hydrogen) atoms. The molecule has 0 heterocycles. The minimum absolute atomic E-state index is 0. The summed E-state index contributed by atoms with van der Waals surface area (Å²) in [6.45, 7) is 9.40. The third-order valence-electron chi connectivity index (χ3n) is 1.80. The van der Waals surface area contributed by atoms with Crippen molar-refractivity contribution in [2.24, 2.45) is 0 Å². The second-order valence-corrected chi connectivity index (χ2v) is 2.98. The molecule has 1 N–H and O–H groups in total. The highest BCUT2D eigenvalue weighted by Crippen LogP contribution is 2.01. The molecule has 0 aliphatic carbocycles. The first-order chi connectivity index (χ1) is 5.91. The van der Waals surface area contributed by atoms with E-state index in [9.17, 15) is 0 Å². The molecule has 0 fully saturated rings. The number of halogens is 2. The lowest BCUT2D eigenvalue weighted by molar-refractivity contribution is 0.609. The largest absolute Gasteiger partial charge is 0.313 e. The van der Waals surface area contributed by atoms with E-state index in [0.29, 0.717) is 0 Å². The van der Waals surface area contributed by atoms with Crippen molar-refractivity contribution in [2.45, 2.75) is 32.1 Å². The van der Waals surface area contributed by atoms with Crippen molar-refractivity contribution in [3.8, 4) is 0 Å². The topological polar surface area (TPSA) is 12.0 Å². The predicted molar refractivity (Wildman–Crippen MR) is 70.8 cm³/mol. The summed E-state index contributed by atoms with van der Waals surface area (Å²) in [4.78, 5) is 0. The Bertz CT molecular complexity index is 102. The highest BCUT2D eigenvalue weighted by atomic mass is 35.5. The van der Waals surface area contributed by atoms with Crippen molar-refractivity contribution in [1.29, 1.82) is 0 Å². The van der Waals surface area contributed by atoms with Crippen LogP contribution in [0.4, 0.5) is 0 Å². The van der Waals surface area contributed by atoms with Gasteiger partial charge in [0.05, 0.1) is 0 Å². The minimum atomic E-state index is 0. The second-order valence-electron chi connectivity index (χ2n) is 2.98. The molecule has 0 amide bonds. The third kappa shape index (κ3) is 17.9. The first kappa shape index (κ1) is 19.6. The lowest BCUT2D eigenvalue weighted by Crippen LogP contribution is -2.14. The van der Waals surface area contributed by atoms with E-state index < -0.39 is 0 Å². The SMILES string of the molecule is C=CCCCCCCNCC=C.Cl.Cl. The van der Waals surface area contributed by atoms with Gasteiger partial charge in [0.2, 0.25) is 0 Å². The molecule has 0 saturated heterocycles. The van der Waals surface area contributed by atoms with Crippen LogP contribution in [0.5, 0.6) is 0 Å². The summed E-state index contributed by atoms with van der Waals surface area (Å²) in [6.07, 6.45) is 10.3.